The quantitative estimate of drug-likeness (QED) is 0.865. The third kappa shape index (κ3) is 2.38. The molecule has 0 aliphatic carbocycles. The molecular weight excluding hydrogens is 246 g/mol. The van der Waals surface area contributed by atoms with Crippen LogP contribution in [0.2, 0.25) is 0 Å². The summed E-state index contributed by atoms with van der Waals surface area (Å²) in [7, 11) is 0. The van der Waals surface area contributed by atoms with Crippen LogP contribution in [0.5, 0.6) is 5.75 Å². The molecule has 20 heavy (non-hydrogen) atoms. The summed E-state index contributed by atoms with van der Waals surface area (Å²) in [5, 5.41) is 3.54. The van der Waals surface area contributed by atoms with Crippen LogP contribution in [-0.2, 0) is 6.42 Å². The summed E-state index contributed by atoms with van der Waals surface area (Å²) in [5.74, 6) is 0.952. The highest BCUT2D eigenvalue weighted by molar-refractivity contribution is 5.60. The van der Waals surface area contributed by atoms with Crippen LogP contribution >= 0.6 is 0 Å². The minimum atomic E-state index is 0.0650. The normalized spacial score (nSPS) is 20.8. The Kier molecular flexibility index (Phi) is 3.39. The van der Waals surface area contributed by atoms with Gasteiger partial charge in [0.2, 0.25) is 0 Å². The lowest BCUT2D eigenvalue weighted by molar-refractivity contribution is 0.177. The summed E-state index contributed by atoms with van der Waals surface area (Å²) < 4.78 is 6.22. The predicted molar refractivity (Wildman–Crippen MR) is 83.5 cm³/mol. The summed E-state index contributed by atoms with van der Waals surface area (Å²) in [6, 6.07) is 15.3. The van der Waals surface area contributed by atoms with Crippen molar-refractivity contribution >= 4 is 5.69 Å². The molecule has 2 aromatic rings. The molecule has 0 aromatic heterocycles. The average Bonchev–Trinajstić information content (AvgIpc) is 2.47. The van der Waals surface area contributed by atoms with Crippen LogP contribution in [0.1, 0.15) is 36.6 Å². The number of ether oxygens (including phenoxy) is 1. The lowest BCUT2D eigenvalue weighted by Gasteiger charge is -2.33. The van der Waals surface area contributed by atoms with Crippen LogP contribution in [-0.4, -0.2) is 6.04 Å². The second-order valence-electron chi connectivity index (χ2n) is 5.57. The van der Waals surface area contributed by atoms with Crippen molar-refractivity contribution < 1.29 is 4.74 Å². The van der Waals surface area contributed by atoms with Crippen molar-refractivity contribution in [2.75, 3.05) is 5.32 Å². The summed E-state index contributed by atoms with van der Waals surface area (Å²) >= 11 is 0. The maximum absolute atomic E-state index is 6.22. The van der Waals surface area contributed by atoms with E-state index in [-0.39, 0.29) is 12.1 Å². The van der Waals surface area contributed by atoms with Gasteiger partial charge in [0.1, 0.15) is 11.9 Å². The van der Waals surface area contributed by atoms with Crippen molar-refractivity contribution in [1.82, 2.24) is 0 Å². The number of rotatable bonds is 2. The van der Waals surface area contributed by atoms with Gasteiger partial charge in [-0.05, 0) is 49.1 Å². The fourth-order valence-electron chi connectivity index (χ4n) is 2.71. The molecule has 0 amide bonds. The van der Waals surface area contributed by atoms with Crippen molar-refractivity contribution in [3.05, 3.63) is 59.2 Å². The zero-order valence-corrected chi connectivity index (χ0v) is 12.3. The van der Waals surface area contributed by atoms with E-state index in [0.717, 1.165) is 17.9 Å². The van der Waals surface area contributed by atoms with Gasteiger partial charge in [-0.25, -0.2) is 0 Å². The fraction of sp³-hybridized carbons (Fsp3) is 0.333. The Morgan fingerprint density at radius 2 is 1.85 bits per heavy atom. The van der Waals surface area contributed by atoms with Crippen LogP contribution in [0.15, 0.2) is 42.5 Å². The van der Waals surface area contributed by atoms with Gasteiger partial charge in [0.15, 0.2) is 0 Å². The number of benzene rings is 2. The number of nitrogens with one attached hydrogen (secondary N) is 1. The SMILES string of the molecule is CCc1ccc(C2Oc3cc(C)ccc3NC2C)cc1. The molecule has 0 spiro atoms. The first-order valence-electron chi connectivity index (χ1n) is 7.30. The number of fused-ring (bicyclic) bond motifs is 1. The van der Waals surface area contributed by atoms with Gasteiger partial charge in [0, 0.05) is 0 Å². The molecule has 2 unspecified atom stereocenters. The molecule has 1 aliphatic heterocycles. The van der Waals surface area contributed by atoms with Gasteiger partial charge < -0.3 is 10.1 Å². The Hall–Kier alpha value is -1.96. The molecule has 0 saturated heterocycles. The minimum absolute atomic E-state index is 0.0650. The van der Waals surface area contributed by atoms with E-state index in [1.807, 2.05) is 0 Å². The maximum Gasteiger partial charge on any atom is 0.144 e. The van der Waals surface area contributed by atoms with Gasteiger partial charge >= 0.3 is 0 Å². The number of anilines is 1. The molecule has 3 rings (SSSR count). The van der Waals surface area contributed by atoms with E-state index in [2.05, 4.69) is 68.6 Å². The van der Waals surface area contributed by atoms with Crippen molar-refractivity contribution in [3.63, 3.8) is 0 Å². The van der Waals surface area contributed by atoms with E-state index >= 15 is 0 Å². The van der Waals surface area contributed by atoms with Gasteiger partial charge in [0.05, 0.1) is 11.7 Å². The summed E-state index contributed by atoms with van der Waals surface area (Å²) in [6.45, 7) is 6.43. The molecule has 2 nitrogen and oxygen atoms in total. The molecule has 0 radical (unpaired) electrons. The molecule has 1 heterocycles. The second-order valence-corrected chi connectivity index (χ2v) is 5.57. The zero-order chi connectivity index (χ0) is 14.1. The van der Waals surface area contributed by atoms with Crippen LogP contribution in [0, 0.1) is 6.92 Å². The largest absolute Gasteiger partial charge is 0.481 e. The molecule has 0 fully saturated rings. The van der Waals surface area contributed by atoms with Crippen molar-refractivity contribution in [2.45, 2.75) is 39.3 Å². The monoisotopic (exact) mass is 267 g/mol. The van der Waals surface area contributed by atoms with Crippen LogP contribution < -0.4 is 10.1 Å². The highest BCUT2D eigenvalue weighted by Gasteiger charge is 2.27. The van der Waals surface area contributed by atoms with Crippen molar-refractivity contribution in [3.8, 4) is 5.75 Å². The molecule has 0 saturated carbocycles. The van der Waals surface area contributed by atoms with Crippen LogP contribution in [0.4, 0.5) is 5.69 Å². The summed E-state index contributed by atoms with van der Waals surface area (Å²) in [6.07, 6.45) is 1.14. The molecule has 1 aliphatic rings. The molecule has 1 N–H and O–H groups in total. The van der Waals surface area contributed by atoms with Gasteiger partial charge in [-0.15, -0.1) is 0 Å². The summed E-state index contributed by atoms with van der Waals surface area (Å²) in [4.78, 5) is 0. The Balaban J connectivity index is 1.90. The van der Waals surface area contributed by atoms with Crippen molar-refractivity contribution in [2.24, 2.45) is 0 Å². The average molecular weight is 267 g/mol. The smallest absolute Gasteiger partial charge is 0.144 e. The van der Waals surface area contributed by atoms with Gasteiger partial charge in [-0.3, -0.25) is 0 Å². The van der Waals surface area contributed by atoms with Gasteiger partial charge in [-0.1, -0.05) is 37.3 Å². The first-order valence-corrected chi connectivity index (χ1v) is 7.30. The van der Waals surface area contributed by atoms with E-state index < -0.39 is 0 Å². The van der Waals surface area contributed by atoms with Gasteiger partial charge in [0.25, 0.3) is 0 Å². The molecule has 2 heteroatoms. The third-order valence-corrected chi connectivity index (χ3v) is 3.94. The summed E-state index contributed by atoms with van der Waals surface area (Å²) in [5.41, 5.74) is 4.90. The van der Waals surface area contributed by atoms with Crippen molar-refractivity contribution in [1.29, 1.82) is 0 Å². The Labute approximate surface area is 120 Å². The van der Waals surface area contributed by atoms with E-state index in [9.17, 15) is 0 Å². The molecule has 104 valence electrons. The number of hydrogen-bond donors (Lipinski definition) is 1. The minimum Gasteiger partial charge on any atom is -0.481 e. The maximum atomic E-state index is 6.22. The molecule has 2 atom stereocenters. The first kappa shape index (κ1) is 13.0. The highest BCUT2D eigenvalue weighted by Crippen LogP contribution is 2.37. The first-order chi connectivity index (χ1) is 9.67. The molecular formula is C18H21NO. The van der Waals surface area contributed by atoms with E-state index in [1.54, 1.807) is 0 Å². The Morgan fingerprint density at radius 3 is 2.55 bits per heavy atom. The van der Waals surface area contributed by atoms with E-state index in [0.29, 0.717) is 0 Å². The second kappa shape index (κ2) is 5.20. The predicted octanol–water partition coefficient (Wildman–Crippen LogP) is 4.49. The lowest BCUT2D eigenvalue weighted by Crippen LogP contribution is -2.32. The topological polar surface area (TPSA) is 21.3 Å². The number of aryl methyl sites for hydroxylation is 2. The zero-order valence-electron chi connectivity index (χ0n) is 12.3. The Morgan fingerprint density at radius 1 is 1.10 bits per heavy atom. The third-order valence-electron chi connectivity index (χ3n) is 3.94. The van der Waals surface area contributed by atoms with E-state index in [4.69, 9.17) is 4.74 Å². The Bertz CT molecular complexity index is 603. The van der Waals surface area contributed by atoms with Gasteiger partial charge in [-0.2, -0.15) is 0 Å². The van der Waals surface area contributed by atoms with E-state index in [1.165, 1.54) is 16.7 Å². The van der Waals surface area contributed by atoms with Crippen LogP contribution in [0.3, 0.4) is 0 Å². The number of hydrogen-bond acceptors (Lipinski definition) is 2. The standard InChI is InChI=1S/C18H21NO/c1-4-14-6-8-15(9-7-14)18-13(3)19-16-10-5-12(2)11-17(16)20-18/h5-11,13,18-19H,4H2,1-3H3. The molecule has 2 aromatic carbocycles. The lowest BCUT2D eigenvalue weighted by atomic mass is 9.99. The highest BCUT2D eigenvalue weighted by atomic mass is 16.5. The fourth-order valence-corrected chi connectivity index (χ4v) is 2.71. The van der Waals surface area contributed by atoms with Crippen LogP contribution in [0.25, 0.3) is 0 Å². The molecule has 0 bridgehead atoms.